The van der Waals surface area contributed by atoms with Crippen LogP contribution >= 0.6 is 0 Å². The Labute approximate surface area is 194 Å². The Morgan fingerprint density at radius 2 is 2.15 bits per heavy atom. The largest absolute Gasteiger partial charge is 0.506 e. The standard InChI is InChI=1S/C22H27F3N6O3/c1-2-3-4-13-9-18(26-10-17(13)32)29-21(34)31-14-7-8-30(11-14)16-6-5-15(28-19(16)31)20(33)27-12-22(23,24)25/h5-6,9-10,14,20,27,32-33H,2-4,7-8,11-12H2,1H3,(H,26,29,34)/t14-,20?/m0/s1. The highest BCUT2D eigenvalue weighted by Crippen LogP contribution is 2.39. The number of nitrogens with zero attached hydrogens (tertiary/aromatic N) is 4. The van der Waals surface area contributed by atoms with Crippen molar-refractivity contribution in [3.05, 3.63) is 35.7 Å². The number of nitrogens with one attached hydrogen (secondary N) is 2. The smallest absolute Gasteiger partial charge is 0.401 e. The summed E-state index contributed by atoms with van der Waals surface area (Å²) in [5, 5.41) is 25.0. The number of aromatic nitrogens is 2. The number of aliphatic hydroxyl groups excluding tert-OH is 1. The van der Waals surface area contributed by atoms with Gasteiger partial charge in [-0.15, -0.1) is 0 Å². The SMILES string of the molecule is CCCCc1cc(NC(=O)N2c3nc(C(O)NCC(F)(F)F)ccc3N3CC[C@H]2C3)ncc1O. The van der Waals surface area contributed by atoms with Crippen LogP contribution in [0.3, 0.4) is 0 Å². The minimum Gasteiger partial charge on any atom is -0.506 e. The predicted octanol–water partition coefficient (Wildman–Crippen LogP) is 3.30. The van der Waals surface area contributed by atoms with Crippen LogP contribution in [0, 0.1) is 0 Å². The Bertz CT molecular complexity index is 1050. The first-order valence-corrected chi connectivity index (χ1v) is 11.2. The zero-order chi connectivity index (χ0) is 24.5. The van der Waals surface area contributed by atoms with Gasteiger partial charge in [0.05, 0.1) is 30.2 Å². The zero-order valence-corrected chi connectivity index (χ0v) is 18.6. The van der Waals surface area contributed by atoms with E-state index in [1.807, 2.05) is 12.2 Å². The fourth-order valence-electron chi connectivity index (χ4n) is 4.25. The van der Waals surface area contributed by atoms with E-state index in [9.17, 15) is 28.2 Å². The van der Waals surface area contributed by atoms with Gasteiger partial charge in [-0.3, -0.25) is 15.5 Å². The number of hydrogen-bond donors (Lipinski definition) is 4. The molecule has 12 heteroatoms. The first-order chi connectivity index (χ1) is 16.2. The molecule has 2 amide bonds. The molecule has 34 heavy (non-hydrogen) atoms. The van der Waals surface area contributed by atoms with E-state index in [1.54, 1.807) is 12.1 Å². The summed E-state index contributed by atoms with van der Waals surface area (Å²) in [5.41, 5.74) is 1.32. The zero-order valence-electron chi connectivity index (χ0n) is 18.6. The molecule has 2 atom stereocenters. The average molecular weight is 480 g/mol. The molecule has 1 fully saturated rings. The molecule has 0 aliphatic carbocycles. The Morgan fingerprint density at radius 1 is 1.35 bits per heavy atom. The Balaban J connectivity index is 1.58. The Kier molecular flexibility index (Phi) is 6.80. The summed E-state index contributed by atoms with van der Waals surface area (Å²) in [7, 11) is 0. The molecule has 4 rings (SSSR count). The number of unbranched alkanes of at least 4 members (excludes halogenated alkanes) is 1. The number of pyridine rings is 2. The van der Waals surface area contributed by atoms with Crippen LogP contribution < -0.4 is 20.4 Å². The molecule has 2 aliphatic heterocycles. The highest BCUT2D eigenvalue weighted by molar-refractivity contribution is 6.04. The van der Waals surface area contributed by atoms with Crippen molar-refractivity contribution < 1.29 is 28.2 Å². The third-order valence-corrected chi connectivity index (χ3v) is 5.97. The van der Waals surface area contributed by atoms with Gasteiger partial charge in [0.1, 0.15) is 17.8 Å². The van der Waals surface area contributed by atoms with Crippen molar-refractivity contribution in [1.82, 2.24) is 15.3 Å². The normalized spacial score (nSPS) is 18.1. The lowest BCUT2D eigenvalue weighted by molar-refractivity contribution is -0.131. The first-order valence-electron chi connectivity index (χ1n) is 11.2. The minimum atomic E-state index is -4.49. The summed E-state index contributed by atoms with van der Waals surface area (Å²) in [5.74, 6) is 0.605. The van der Waals surface area contributed by atoms with Gasteiger partial charge in [0, 0.05) is 13.1 Å². The number of carbonyl (C=O) groups is 1. The van der Waals surface area contributed by atoms with Gasteiger partial charge in [-0.25, -0.2) is 14.8 Å². The number of hydrogen-bond acceptors (Lipinski definition) is 7. The second-order valence-electron chi connectivity index (χ2n) is 8.47. The predicted molar refractivity (Wildman–Crippen MR) is 120 cm³/mol. The van der Waals surface area contributed by atoms with Gasteiger partial charge in [-0.2, -0.15) is 13.2 Å². The Hall–Kier alpha value is -3.12. The molecule has 184 valence electrons. The molecule has 2 aliphatic rings. The highest BCUT2D eigenvalue weighted by Gasteiger charge is 2.40. The van der Waals surface area contributed by atoms with E-state index in [0.717, 1.165) is 12.8 Å². The molecular weight excluding hydrogens is 453 g/mol. The van der Waals surface area contributed by atoms with Gasteiger partial charge in [-0.05, 0) is 43.0 Å². The van der Waals surface area contributed by atoms with E-state index in [4.69, 9.17) is 0 Å². The number of aryl methyl sites for hydroxylation is 1. The molecule has 0 spiro atoms. The molecule has 9 nitrogen and oxygen atoms in total. The van der Waals surface area contributed by atoms with Crippen molar-refractivity contribution in [2.45, 2.75) is 51.1 Å². The quantitative estimate of drug-likeness (QED) is 0.450. The summed E-state index contributed by atoms with van der Waals surface area (Å²) >= 11 is 0. The van der Waals surface area contributed by atoms with Crippen LogP contribution in [0.15, 0.2) is 24.4 Å². The van der Waals surface area contributed by atoms with E-state index in [2.05, 4.69) is 20.2 Å². The van der Waals surface area contributed by atoms with Crippen molar-refractivity contribution in [1.29, 1.82) is 0 Å². The lowest BCUT2D eigenvalue weighted by Crippen LogP contribution is -2.48. The van der Waals surface area contributed by atoms with Gasteiger partial charge in [0.25, 0.3) is 0 Å². The molecule has 1 unspecified atom stereocenters. The molecule has 0 radical (unpaired) electrons. The number of fused-ring (bicyclic) bond motifs is 4. The molecule has 2 aromatic heterocycles. The minimum absolute atomic E-state index is 0.0205. The number of urea groups is 1. The van der Waals surface area contributed by atoms with Crippen LogP contribution in [0.5, 0.6) is 5.75 Å². The van der Waals surface area contributed by atoms with Crippen LogP contribution in [0.2, 0.25) is 0 Å². The molecule has 0 saturated carbocycles. The van der Waals surface area contributed by atoms with Crippen molar-refractivity contribution >= 4 is 23.4 Å². The van der Waals surface area contributed by atoms with E-state index in [1.165, 1.54) is 17.2 Å². The van der Waals surface area contributed by atoms with Crippen LogP contribution in [0.4, 0.5) is 35.3 Å². The summed E-state index contributed by atoms with van der Waals surface area (Å²) in [4.78, 5) is 25.3. The van der Waals surface area contributed by atoms with Crippen LogP contribution in [0.1, 0.15) is 43.7 Å². The van der Waals surface area contributed by atoms with Crippen LogP contribution in [0.25, 0.3) is 0 Å². The lowest BCUT2D eigenvalue weighted by Gasteiger charge is -2.36. The second-order valence-corrected chi connectivity index (χ2v) is 8.47. The number of aliphatic hydroxyl groups is 1. The fourth-order valence-corrected chi connectivity index (χ4v) is 4.25. The topological polar surface area (TPSA) is 114 Å². The van der Waals surface area contributed by atoms with Crippen molar-refractivity contribution in [2.24, 2.45) is 0 Å². The number of aromatic hydroxyl groups is 1. The molecule has 2 bridgehead atoms. The first kappa shape index (κ1) is 24.0. The van der Waals surface area contributed by atoms with Crippen LogP contribution in [-0.4, -0.2) is 58.1 Å². The molecule has 0 aromatic carbocycles. The number of halogens is 3. The van der Waals surface area contributed by atoms with Gasteiger partial charge in [0.15, 0.2) is 5.82 Å². The van der Waals surface area contributed by atoms with Crippen LogP contribution in [-0.2, 0) is 6.42 Å². The molecular formula is C22H27F3N6O3. The lowest BCUT2D eigenvalue weighted by atomic mass is 10.1. The van der Waals surface area contributed by atoms with Crippen molar-refractivity contribution in [2.75, 3.05) is 34.8 Å². The Morgan fingerprint density at radius 3 is 2.88 bits per heavy atom. The number of anilines is 3. The third kappa shape index (κ3) is 5.17. The highest BCUT2D eigenvalue weighted by atomic mass is 19.4. The molecule has 1 saturated heterocycles. The van der Waals surface area contributed by atoms with Crippen molar-refractivity contribution in [3.8, 4) is 5.75 Å². The second kappa shape index (κ2) is 9.63. The van der Waals surface area contributed by atoms with E-state index in [-0.39, 0.29) is 29.1 Å². The molecule has 4 heterocycles. The molecule has 4 N–H and O–H groups in total. The molecule has 2 aromatic rings. The summed E-state index contributed by atoms with van der Waals surface area (Å²) < 4.78 is 37.6. The van der Waals surface area contributed by atoms with E-state index < -0.39 is 25.0 Å². The number of rotatable bonds is 7. The third-order valence-electron chi connectivity index (χ3n) is 5.97. The maximum Gasteiger partial charge on any atom is 0.401 e. The van der Waals surface area contributed by atoms with Gasteiger partial charge in [-0.1, -0.05) is 13.3 Å². The maximum absolute atomic E-state index is 13.3. The number of carbonyl (C=O) groups excluding carboxylic acids is 1. The van der Waals surface area contributed by atoms with Gasteiger partial charge >= 0.3 is 12.2 Å². The average Bonchev–Trinajstić information content (AvgIpc) is 3.21. The summed E-state index contributed by atoms with van der Waals surface area (Å²) in [6.07, 6.45) is -1.68. The van der Waals surface area contributed by atoms with E-state index in [0.29, 0.717) is 37.2 Å². The van der Waals surface area contributed by atoms with Gasteiger partial charge < -0.3 is 15.1 Å². The van der Waals surface area contributed by atoms with Gasteiger partial charge in [0.2, 0.25) is 0 Å². The number of amides is 2. The summed E-state index contributed by atoms with van der Waals surface area (Å²) in [6, 6.07) is 4.05. The summed E-state index contributed by atoms with van der Waals surface area (Å²) in [6.45, 7) is 1.96. The number of alkyl halides is 3. The maximum atomic E-state index is 13.3. The monoisotopic (exact) mass is 480 g/mol. The van der Waals surface area contributed by atoms with E-state index >= 15 is 0 Å². The van der Waals surface area contributed by atoms with Crippen molar-refractivity contribution in [3.63, 3.8) is 0 Å². The fraction of sp³-hybridized carbons (Fsp3) is 0.500.